The summed E-state index contributed by atoms with van der Waals surface area (Å²) in [4.78, 5) is 18.6. The molecule has 2 fully saturated rings. The van der Waals surface area contributed by atoms with Crippen molar-refractivity contribution in [2.45, 2.75) is 57.5 Å². The molecule has 1 saturated carbocycles. The normalized spacial score (nSPS) is 17.5. The molecule has 1 aliphatic carbocycles. The molecule has 39 heavy (non-hydrogen) atoms. The number of halogens is 3. The first kappa shape index (κ1) is 27.1. The Labute approximate surface area is 225 Å². The maximum absolute atomic E-state index is 14.9. The molecule has 0 spiro atoms. The molecule has 3 heterocycles. The fraction of sp³-hybridized carbons (Fsp3) is 0.500. The Hall–Kier alpha value is -3.49. The Kier molecular flexibility index (Phi) is 7.11. The van der Waals surface area contributed by atoms with Crippen LogP contribution >= 0.6 is 0 Å². The lowest BCUT2D eigenvalue weighted by atomic mass is 9.96. The minimum absolute atomic E-state index is 0.00792. The standard InChI is InChI=1S/C28H32F3N7O/c1-17(2)37-9-11-38(12-10-37)26-22(27(15-32)7-8-27)13-20-24(34-18(3)35-25(20)36-26)33-14-19-5-4-6-21(23(19)29)28(30,31)16-39/h4-6,13,17,39H,7-12,14,16H2,1-3H3,(H,33,34,35,36). The van der Waals surface area contributed by atoms with Crippen molar-refractivity contribution in [3.63, 3.8) is 0 Å². The van der Waals surface area contributed by atoms with Gasteiger partial charge in [0.1, 0.15) is 29.9 Å². The summed E-state index contributed by atoms with van der Waals surface area (Å²) in [6, 6.07) is 8.55. The van der Waals surface area contributed by atoms with Gasteiger partial charge in [-0.3, -0.25) is 4.90 Å². The van der Waals surface area contributed by atoms with E-state index in [9.17, 15) is 18.4 Å². The zero-order chi connectivity index (χ0) is 27.9. The second-order valence-electron chi connectivity index (χ2n) is 10.7. The van der Waals surface area contributed by atoms with Crippen molar-refractivity contribution >= 4 is 22.7 Å². The molecular weight excluding hydrogens is 507 g/mol. The van der Waals surface area contributed by atoms with Gasteiger partial charge in [-0.05, 0) is 45.7 Å². The highest BCUT2D eigenvalue weighted by Crippen LogP contribution is 2.51. The third kappa shape index (κ3) is 5.11. The van der Waals surface area contributed by atoms with E-state index in [0.29, 0.717) is 28.7 Å². The van der Waals surface area contributed by atoms with Gasteiger partial charge in [0, 0.05) is 49.9 Å². The van der Waals surface area contributed by atoms with Crippen LogP contribution in [0, 0.1) is 24.1 Å². The van der Waals surface area contributed by atoms with Crippen LogP contribution in [0.1, 0.15) is 49.2 Å². The van der Waals surface area contributed by atoms with Crippen molar-refractivity contribution in [3.05, 3.63) is 52.6 Å². The number of aromatic nitrogens is 3. The Morgan fingerprint density at radius 2 is 1.87 bits per heavy atom. The predicted octanol–water partition coefficient (Wildman–Crippen LogP) is 4.25. The third-order valence-corrected chi connectivity index (χ3v) is 7.72. The maximum Gasteiger partial charge on any atom is 0.298 e. The van der Waals surface area contributed by atoms with Gasteiger partial charge in [0.2, 0.25) is 0 Å². The summed E-state index contributed by atoms with van der Waals surface area (Å²) in [5.74, 6) is -3.18. The van der Waals surface area contributed by atoms with Gasteiger partial charge < -0.3 is 15.3 Å². The highest BCUT2D eigenvalue weighted by molar-refractivity contribution is 5.89. The van der Waals surface area contributed by atoms with Crippen molar-refractivity contribution < 1.29 is 18.3 Å². The van der Waals surface area contributed by atoms with Gasteiger partial charge in [-0.25, -0.2) is 19.3 Å². The number of nitrogens with zero attached hydrogens (tertiary/aromatic N) is 6. The van der Waals surface area contributed by atoms with Crippen LogP contribution in [0.2, 0.25) is 0 Å². The largest absolute Gasteiger partial charge is 0.390 e. The van der Waals surface area contributed by atoms with Crippen LogP contribution in [0.5, 0.6) is 0 Å². The number of aliphatic hydroxyl groups is 1. The molecule has 206 valence electrons. The van der Waals surface area contributed by atoms with Gasteiger partial charge >= 0.3 is 0 Å². The van der Waals surface area contributed by atoms with Crippen LogP contribution in [0.3, 0.4) is 0 Å². The molecule has 0 atom stereocenters. The third-order valence-electron chi connectivity index (χ3n) is 7.72. The number of nitriles is 1. The van der Waals surface area contributed by atoms with Gasteiger partial charge in [-0.15, -0.1) is 0 Å². The summed E-state index contributed by atoms with van der Waals surface area (Å²) in [6.45, 7) is 7.84. The average Bonchev–Trinajstić information content (AvgIpc) is 3.73. The average molecular weight is 540 g/mol. The highest BCUT2D eigenvalue weighted by Gasteiger charge is 2.48. The van der Waals surface area contributed by atoms with Crippen LogP contribution in [0.25, 0.3) is 11.0 Å². The molecule has 5 rings (SSSR count). The quantitative estimate of drug-likeness (QED) is 0.438. The van der Waals surface area contributed by atoms with Crippen molar-refractivity contribution in [3.8, 4) is 6.07 Å². The fourth-order valence-electron chi connectivity index (χ4n) is 5.16. The summed E-state index contributed by atoms with van der Waals surface area (Å²) in [7, 11) is 0. The number of hydrogen-bond donors (Lipinski definition) is 2. The number of aliphatic hydroxyl groups excluding tert-OH is 1. The molecule has 0 unspecified atom stereocenters. The molecule has 1 aliphatic heterocycles. The van der Waals surface area contributed by atoms with Gasteiger partial charge in [0.15, 0.2) is 5.65 Å². The van der Waals surface area contributed by atoms with E-state index in [4.69, 9.17) is 10.1 Å². The molecule has 11 heteroatoms. The molecule has 8 nitrogen and oxygen atoms in total. The van der Waals surface area contributed by atoms with Crippen molar-refractivity contribution in [2.75, 3.05) is 43.0 Å². The van der Waals surface area contributed by atoms with Crippen LogP contribution in [-0.2, 0) is 17.9 Å². The molecule has 0 bridgehead atoms. The lowest BCUT2D eigenvalue weighted by Crippen LogP contribution is -2.49. The number of hydrogen-bond acceptors (Lipinski definition) is 8. The van der Waals surface area contributed by atoms with E-state index >= 15 is 0 Å². The first-order valence-corrected chi connectivity index (χ1v) is 13.2. The number of pyridine rings is 1. The van der Waals surface area contributed by atoms with Crippen molar-refractivity contribution in [1.29, 1.82) is 5.26 Å². The molecule has 2 aromatic heterocycles. The maximum atomic E-state index is 14.9. The molecule has 3 aromatic rings. The Morgan fingerprint density at radius 1 is 1.15 bits per heavy atom. The fourth-order valence-corrected chi connectivity index (χ4v) is 5.16. The Balaban J connectivity index is 1.52. The van der Waals surface area contributed by atoms with Gasteiger partial charge in [0.25, 0.3) is 5.92 Å². The monoisotopic (exact) mass is 539 g/mol. The summed E-state index contributed by atoms with van der Waals surface area (Å²) < 4.78 is 43.0. The minimum atomic E-state index is -3.69. The Bertz CT molecular complexity index is 1430. The second kappa shape index (κ2) is 10.2. The summed E-state index contributed by atoms with van der Waals surface area (Å²) in [5, 5.41) is 22.7. The smallest absolute Gasteiger partial charge is 0.298 e. The first-order valence-electron chi connectivity index (χ1n) is 13.2. The van der Waals surface area contributed by atoms with Gasteiger partial charge in [-0.1, -0.05) is 12.1 Å². The van der Waals surface area contributed by atoms with Crippen molar-refractivity contribution in [2.24, 2.45) is 0 Å². The number of anilines is 2. The molecule has 2 N–H and O–H groups in total. The lowest BCUT2D eigenvalue weighted by Gasteiger charge is -2.38. The topological polar surface area (TPSA) is 101 Å². The van der Waals surface area contributed by atoms with E-state index in [1.165, 1.54) is 12.1 Å². The minimum Gasteiger partial charge on any atom is -0.390 e. The molecule has 0 radical (unpaired) electrons. The number of alkyl halides is 2. The zero-order valence-electron chi connectivity index (χ0n) is 22.3. The van der Waals surface area contributed by atoms with Crippen LogP contribution < -0.4 is 10.2 Å². The molecule has 2 aliphatic rings. The molecule has 1 saturated heterocycles. The van der Waals surface area contributed by atoms with E-state index in [2.05, 4.69) is 45.0 Å². The number of nitrogens with one attached hydrogen (secondary N) is 1. The SMILES string of the molecule is Cc1nc(NCc2cccc(C(F)(F)CO)c2F)c2cc(C3(C#N)CC3)c(N3CCN(C(C)C)CC3)nc2n1. The molecule has 0 amide bonds. The van der Waals surface area contributed by atoms with Crippen LogP contribution in [-0.4, -0.2) is 63.8 Å². The number of piperazine rings is 1. The van der Waals surface area contributed by atoms with Gasteiger partial charge in [-0.2, -0.15) is 14.0 Å². The summed E-state index contributed by atoms with van der Waals surface area (Å²) in [5.41, 5.74) is -0.187. The first-order chi connectivity index (χ1) is 18.6. The number of aryl methyl sites for hydroxylation is 1. The zero-order valence-corrected chi connectivity index (χ0v) is 22.3. The molecular formula is C28H32F3N7O. The second-order valence-corrected chi connectivity index (χ2v) is 10.7. The van der Waals surface area contributed by atoms with Crippen LogP contribution in [0.4, 0.5) is 24.8 Å². The van der Waals surface area contributed by atoms with E-state index in [0.717, 1.165) is 56.5 Å². The van der Waals surface area contributed by atoms with E-state index in [1.54, 1.807) is 6.92 Å². The van der Waals surface area contributed by atoms with E-state index < -0.39 is 29.3 Å². The van der Waals surface area contributed by atoms with Crippen molar-refractivity contribution in [1.82, 2.24) is 19.9 Å². The lowest BCUT2D eigenvalue weighted by molar-refractivity contribution is -0.0583. The van der Waals surface area contributed by atoms with Crippen LogP contribution in [0.15, 0.2) is 24.3 Å². The summed E-state index contributed by atoms with van der Waals surface area (Å²) in [6.07, 6.45) is 1.48. The number of rotatable bonds is 8. The highest BCUT2D eigenvalue weighted by atomic mass is 19.3. The Morgan fingerprint density at radius 3 is 2.49 bits per heavy atom. The van der Waals surface area contributed by atoms with Gasteiger partial charge in [0.05, 0.1) is 22.4 Å². The number of benzene rings is 1. The molecule has 1 aromatic carbocycles. The van der Waals surface area contributed by atoms with E-state index in [-0.39, 0.29) is 12.1 Å². The van der Waals surface area contributed by atoms with E-state index in [1.807, 2.05) is 6.07 Å². The summed E-state index contributed by atoms with van der Waals surface area (Å²) >= 11 is 0. The number of fused-ring (bicyclic) bond motifs is 1. The predicted molar refractivity (Wildman–Crippen MR) is 142 cm³/mol.